The first kappa shape index (κ1) is 18.9. The van der Waals surface area contributed by atoms with Gasteiger partial charge in [0.2, 0.25) is 5.91 Å². The zero-order valence-corrected chi connectivity index (χ0v) is 15.4. The highest BCUT2D eigenvalue weighted by Crippen LogP contribution is 2.36. The van der Waals surface area contributed by atoms with Crippen molar-refractivity contribution in [2.45, 2.75) is 38.1 Å². The fourth-order valence-corrected chi connectivity index (χ4v) is 3.89. The highest BCUT2D eigenvalue weighted by atomic mass is 35.5. The summed E-state index contributed by atoms with van der Waals surface area (Å²) in [5.41, 5.74) is 1.10. The number of likely N-dealkylation sites (tertiary alicyclic amines) is 1. The van der Waals surface area contributed by atoms with E-state index in [0.717, 1.165) is 50.9 Å². The fourth-order valence-electron chi connectivity index (χ4n) is 3.58. The lowest BCUT2D eigenvalue weighted by atomic mass is 9.93. The van der Waals surface area contributed by atoms with Crippen molar-refractivity contribution >= 4 is 41.5 Å². The summed E-state index contributed by atoms with van der Waals surface area (Å²) in [6, 6.07) is 5.89. The first-order valence-electron chi connectivity index (χ1n) is 8.10. The van der Waals surface area contributed by atoms with Gasteiger partial charge in [-0.2, -0.15) is 0 Å². The summed E-state index contributed by atoms with van der Waals surface area (Å²) in [5, 5.41) is 4.48. The van der Waals surface area contributed by atoms with Crippen molar-refractivity contribution in [1.82, 2.24) is 10.2 Å². The zero-order valence-electron chi connectivity index (χ0n) is 13.1. The Morgan fingerprint density at radius 2 is 1.91 bits per heavy atom. The van der Waals surface area contributed by atoms with E-state index in [1.54, 1.807) is 0 Å². The van der Waals surface area contributed by atoms with E-state index in [-0.39, 0.29) is 18.4 Å². The van der Waals surface area contributed by atoms with Crippen LogP contribution in [0.15, 0.2) is 18.2 Å². The second-order valence-corrected chi connectivity index (χ2v) is 7.13. The number of carbonyl (C=O) groups excluding carboxylic acids is 1. The molecular formula is C17H23Cl3N2O. The molecular weight excluding hydrogens is 355 g/mol. The van der Waals surface area contributed by atoms with Crippen molar-refractivity contribution in [2.75, 3.05) is 19.6 Å². The second kappa shape index (κ2) is 8.57. The molecule has 128 valence electrons. The average Bonchev–Trinajstić information content (AvgIpc) is 3.01. The van der Waals surface area contributed by atoms with E-state index in [1.165, 1.54) is 0 Å². The molecule has 2 aliphatic rings. The summed E-state index contributed by atoms with van der Waals surface area (Å²) in [7, 11) is 0. The first-order chi connectivity index (χ1) is 10.6. The van der Waals surface area contributed by atoms with Gasteiger partial charge in [0, 0.05) is 13.0 Å². The van der Waals surface area contributed by atoms with Gasteiger partial charge in [-0.1, -0.05) is 29.3 Å². The average molecular weight is 378 g/mol. The maximum absolute atomic E-state index is 12.7. The summed E-state index contributed by atoms with van der Waals surface area (Å²) < 4.78 is 0. The van der Waals surface area contributed by atoms with Crippen molar-refractivity contribution < 1.29 is 4.79 Å². The van der Waals surface area contributed by atoms with Gasteiger partial charge in [-0.15, -0.1) is 12.4 Å². The Morgan fingerprint density at radius 1 is 1.17 bits per heavy atom. The molecule has 2 fully saturated rings. The largest absolute Gasteiger partial charge is 0.336 e. The standard InChI is InChI=1S/C17H22Cl2N2O.ClH/c18-14-4-3-13(11-15(14)19)16-2-1-9-21(16)17(22)10-12-5-7-20-8-6-12;/h3-4,11-12,16,20H,1-2,5-10H2;1H. The number of nitrogens with zero attached hydrogens (tertiary/aromatic N) is 1. The topological polar surface area (TPSA) is 32.3 Å². The number of nitrogens with one attached hydrogen (secondary N) is 1. The van der Waals surface area contributed by atoms with E-state index in [9.17, 15) is 4.79 Å². The summed E-state index contributed by atoms with van der Waals surface area (Å²) in [4.78, 5) is 14.7. The SMILES string of the molecule is Cl.O=C(CC1CCNCC1)N1CCCC1c1ccc(Cl)c(Cl)c1. The fraction of sp³-hybridized carbons (Fsp3) is 0.588. The molecule has 3 rings (SSSR count). The Bertz CT molecular complexity index is 547. The van der Waals surface area contributed by atoms with Gasteiger partial charge >= 0.3 is 0 Å². The van der Waals surface area contributed by atoms with Gasteiger partial charge in [0.25, 0.3) is 0 Å². The number of rotatable bonds is 3. The number of carbonyl (C=O) groups is 1. The van der Waals surface area contributed by atoms with Crippen LogP contribution < -0.4 is 5.32 Å². The van der Waals surface area contributed by atoms with Crippen LogP contribution in [0.3, 0.4) is 0 Å². The molecule has 3 nitrogen and oxygen atoms in total. The minimum absolute atomic E-state index is 0. The molecule has 0 radical (unpaired) electrons. The molecule has 0 aliphatic carbocycles. The number of hydrogen-bond acceptors (Lipinski definition) is 2. The molecule has 23 heavy (non-hydrogen) atoms. The molecule has 1 atom stereocenters. The predicted octanol–water partition coefficient (Wildman–Crippen LogP) is 4.47. The molecule has 0 aromatic heterocycles. The Kier molecular flexibility index (Phi) is 7.02. The highest BCUT2D eigenvalue weighted by molar-refractivity contribution is 6.42. The molecule has 6 heteroatoms. The zero-order chi connectivity index (χ0) is 15.5. The van der Waals surface area contributed by atoms with Crippen molar-refractivity contribution in [2.24, 2.45) is 5.92 Å². The number of halogens is 3. The molecule has 2 aliphatic heterocycles. The number of amides is 1. The molecule has 0 saturated carbocycles. The van der Waals surface area contributed by atoms with Crippen LogP contribution in [0, 0.1) is 5.92 Å². The maximum Gasteiger partial charge on any atom is 0.223 e. The smallest absolute Gasteiger partial charge is 0.223 e. The lowest BCUT2D eigenvalue weighted by Crippen LogP contribution is -2.35. The Labute approximate surface area is 154 Å². The van der Waals surface area contributed by atoms with Crippen LogP contribution in [-0.4, -0.2) is 30.4 Å². The molecule has 1 unspecified atom stereocenters. The molecule has 2 heterocycles. The highest BCUT2D eigenvalue weighted by Gasteiger charge is 2.31. The van der Waals surface area contributed by atoms with E-state index in [1.807, 2.05) is 23.1 Å². The molecule has 1 aromatic rings. The van der Waals surface area contributed by atoms with Gasteiger partial charge in [0.05, 0.1) is 16.1 Å². The third-order valence-corrected chi connectivity index (χ3v) is 5.56. The van der Waals surface area contributed by atoms with E-state index < -0.39 is 0 Å². The van der Waals surface area contributed by atoms with Gasteiger partial charge in [0.15, 0.2) is 0 Å². The van der Waals surface area contributed by atoms with E-state index >= 15 is 0 Å². The van der Waals surface area contributed by atoms with E-state index in [4.69, 9.17) is 23.2 Å². The van der Waals surface area contributed by atoms with Crippen molar-refractivity contribution in [3.63, 3.8) is 0 Å². The quantitative estimate of drug-likeness (QED) is 0.843. The van der Waals surface area contributed by atoms with Gasteiger partial charge in [-0.05, 0) is 62.4 Å². The monoisotopic (exact) mass is 376 g/mol. The summed E-state index contributed by atoms with van der Waals surface area (Å²) in [6.45, 7) is 2.93. The van der Waals surface area contributed by atoms with Gasteiger partial charge < -0.3 is 10.2 Å². The van der Waals surface area contributed by atoms with Gasteiger partial charge in [0.1, 0.15) is 0 Å². The minimum Gasteiger partial charge on any atom is -0.336 e. The second-order valence-electron chi connectivity index (χ2n) is 6.32. The summed E-state index contributed by atoms with van der Waals surface area (Å²) in [5.74, 6) is 0.823. The van der Waals surface area contributed by atoms with Crippen LogP contribution in [0.2, 0.25) is 10.0 Å². The Balaban J connectivity index is 0.00000192. The van der Waals surface area contributed by atoms with Gasteiger partial charge in [-0.25, -0.2) is 0 Å². The maximum atomic E-state index is 12.7. The predicted molar refractivity (Wildman–Crippen MR) is 97.6 cm³/mol. The lowest BCUT2D eigenvalue weighted by Gasteiger charge is -2.29. The number of hydrogen-bond donors (Lipinski definition) is 1. The third kappa shape index (κ3) is 4.54. The molecule has 1 aromatic carbocycles. The molecule has 0 spiro atoms. The molecule has 1 N–H and O–H groups in total. The van der Waals surface area contributed by atoms with Crippen molar-refractivity contribution in [3.8, 4) is 0 Å². The number of benzene rings is 1. The van der Waals surface area contributed by atoms with Crippen molar-refractivity contribution in [3.05, 3.63) is 33.8 Å². The Hall–Kier alpha value is -0.480. The normalized spacial score (nSPS) is 22.0. The minimum atomic E-state index is 0. The third-order valence-electron chi connectivity index (χ3n) is 4.82. The van der Waals surface area contributed by atoms with Crippen LogP contribution in [0.4, 0.5) is 0 Å². The Morgan fingerprint density at radius 3 is 2.61 bits per heavy atom. The lowest BCUT2D eigenvalue weighted by molar-refractivity contribution is -0.133. The summed E-state index contributed by atoms with van der Waals surface area (Å²) >= 11 is 12.1. The van der Waals surface area contributed by atoms with E-state index in [2.05, 4.69) is 5.32 Å². The molecule has 2 saturated heterocycles. The van der Waals surface area contributed by atoms with Gasteiger partial charge in [-0.3, -0.25) is 4.79 Å². The van der Waals surface area contributed by atoms with Crippen LogP contribution >= 0.6 is 35.6 Å². The van der Waals surface area contributed by atoms with Crippen LogP contribution in [0.1, 0.15) is 43.7 Å². The van der Waals surface area contributed by atoms with Crippen LogP contribution in [0.25, 0.3) is 0 Å². The summed E-state index contributed by atoms with van der Waals surface area (Å²) in [6.07, 6.45) is 4.96. The number of piperidine rings is 1. The molecule has 0 bridgehead atoms. The van der Waals surface area contributed by atoms with Crippen molar-refractivity contribution in [1.29, 1.82) is 0 Å². The first-order valence-corrected chi connectivity index (χ1v) is 8.86. The van der Waals surface area contributed by atoms with Crippen LogP contribution in [0.5, 0.6) is 0 Å². The van der Waals surface area contributed by atoms with Crippen LogP contribution in [-0.2, 0) is 4.79 Å². The van der Waals surface area contributed by atoms with E-state index in [0.29, 0.717) is 28.3 Å². The molecule has 1 amide bonds.